The molecule has 4 heteroatoms. The van der Waals surface area contributed by atoms with Crippen molar-refractivity contribution in [1.29, 1.82) is 0 Å². The fourth-order valence-electron chi connectivity index (χ4n) is 4.25. The maximum absolute atomic E-state index is 12.9. The van der Waals surface area contributed by atoms with Crippen molar-refractivity contribution >= 4 is 17.7 Å². The number of fused-ring (bicyclic) bond motifs is 1. The molecule has 2 aromatic rings. The van der Waals surface area contributed by atoms with Crippen LogP contribution in [0, 0.1) is 5.92 Å². The molecule has 0 saturated heterocycles. The summed E-state index contributed by atoms with van der Waals surface area (Å²) in [6, 6.07) is 20.7. The zero-order valence-corrected chi connectivity index (χ0v) is 16.3. The Morgan fingerprint density at radius 3 is 2.57 bits per heavy atom. The zero-order valence-electron chi connectivity index (χ0n) is 16.3. The Labute approximate surface area is 167 Å². The number of hydrazone groups is 1. The van der Waals surface area contributed by atoms with E-state index in [4.69, 9.17) is 5.10 Å². The van der Waals surface area contributed by atoms with E-state index in [-0.39, 0.29) is 17.9 Å². The molecule has 0 bridgehead atoms. The summed E-state index contributed by atoms with van der Waals surface area (Å²) in [6.45, 7) is 3.11. The molecule has 0 aromatic heterocycles. The van der Waals surface area contributed by atoms with Gasteiger partial charge in [0.15, 0.2) is 0 Å². The van der Waals surface area contributed by atoms with Gasteiger partial charge in [0.1, 0.15) is 0 Å². The standard InChI is InChI=1S/C24H27N3O/c1-2-25-17-22(28)27-24(19-12-7-4-8-13-19)21-15-9-14-20(23(21)26-27)16-18-10-5-3-6-11-18/h3-8,10-13,16,21,24-25H,2,9,14-15,17H2,1H3/b20-16+/t21-,24-/m0/s1. The van der Waals surface area contributed by atoms with Gasteiger partial charge >= 0.3 is 0 Å². The third kappa shape index (κ3) is 3.78. The second kappa shape index (κ2) is 8.53. The van der Waals surface area contributed by atoms with Gasteiger partial charge in [-0.1, -0.05) is 67.6 Å². The second-order valence-electron chi connectivity index (χ2n) is 7.44. The normalized spacial score (nSPS) is 22.8. The van der Waals surface area contributed by atoms with Crippen LogP contribution in [0.3, 0.4) is 0 Å². The molecular formula is C24H27N3O. The lowest BCUT2D eigenvalue weighted by Gasteiger charge is -2.29. The topological polar surface area (TPSA) is 44.7 Å². The molecule has 2 aliphatic rings. The maximum atomic E-state index is 12.9. The minimum atomic E-state index is -0.0122. The zero-order chi connectivity index (χ0) is 19.3. The van der Waals surface area contributed by atoms with Gasteiger partial charge in [0.25, 0.3) is 5.91 Å². The molecule has 0 spiro atoms. The number of hydrogen-bond donors (Lipinski definition) is 1. The molecular weight excluding hydrogens is 346 g/mol. The molecule has 144 valence electrons. The van der Waals surface area contributed by atoms with E-state index in [0.717, 1.165) is 37.1 Å². The first-order valence-electron chi connectivity index (χ1n) is 10.2. The fraction of sp³-hybridized carbons (Fsp3) is 0.333. The first-order chi connectivity index (χ1) is 13.8. The number of rotatable bonds is 5. The molecule has 0 radical (unpaired) electrons. The van der Waals surface area contributed by atoms with Gasteiger partial charge < -0.3 is 5.32 Å². The van der Waals surface area contributed by atoms with E-state index in [1.54, 1.807) is 5.01 Å². The van der Waals surface area contributed by atoms with Crippen molar-refractivity contribution in [3.05, 3.63) is 77.4 Å². The summed E-state index contributed by atoms with van der Waals surface area (Å²) in [5.41, 5.74) is 4.71. The van der Waals surface area contributed by atoms with Crippen molar-refractivity contribution in [2.75, 3.05) is 13.1 Å². The monoisotopic (exact) mass is 373 g/mol. The number of amides is 1. The average Bonchev–Trinajstić information content (AvgIpc) is 3.14. The van der Waals surface area contributed by atoms with Crippen LogP contribution in [-0.2, 0) is 4.79 Å². The van der Waals surface area contributed by atoms with E-state index >= 15 is 0 Å². The smallest absolute Gasteiger partial charge is 0.257 e. The number of nitrogens with one attached hydrogen (secondary N) is 1. The largest absolute Gasteiger partial charge is 0.309 e. The Morgan fingerprint density at radius 2 is 1.86 bits per heavy atom. The molecule has 2 aromatic carbocycles. The third-order valence-electron chi connectivity index (χ3n) is 5.56. The molecule has 1 aliphatic heterocycles. The first-order valence-corrected chi connectivity index (χ1v) is 10.2. The fourth-order valence-corrected chi connectivity index (χ4v) is 4.25. The minimum Gasteiger partial charge on any atom is -0.309 e. The highest BCUT2D eigenvalue weighted by Gasteiger charge is 2.43. The van der Waals surface area contributed by atoms with Crippen LogP contribution in [0.25, 0.3) is 6.08 Å². The van der Waals surface area contributed by atoms with E-state index in [0.29, 0.717) is 6.54 Å². The predicted octanol–water partition coefficient (Wildman–Crippen LogP) is 4.42. The van der Waals surface area contributed by atoms with Crippen LogP contribution in [0.2, 0.25) is 0 Å². The van der Waals surface area contributed by atoms with Crippen LogP contribution in [0.1, 0.15) is 43.4 Å². The van der Waals surface area contributed by atoms with Gasteiger partial charge in [-0.2, -0.15) is 5.10 Å². The van der Waals surface area contributed by atoms with E-state index in [1.807, 2.05) is 31.2 Å². The molecule has 4 nitrogen and oxygen atoms in total. The molecule has 1 N–H and O–H groups in total. The summed E-state index contributed by atoms with van der Waals surface area (Å²) in [6.07, 6.45) is 5.45. The highest BCUT2D eigenvalue weighted by molar-refractivity contribution is 6.08. The van der Waals surface area contributed by atoms with Crippen molar-refractivity contribution in [3.8, 4) is 0 Å². The summed E-state index contributed by atoms with van der Waals surface area (Å²) in [4.78, 5) is 12.9. The van der Waals surface area contributed by atoms with Crippen LogP contribution < -0.4 is 5.32 Å². The van der Waals surface area contributed by atoms with Gasteiger partial charge in [0.2, 0.25) is 0 Å². The lowest BCUT2D eigenvalue weighted by atomic mass is 9.77. The van der Waals surface area contributed by atoms with Crippen molar-refractivity contribution in [3.63, 3.8) is 0 Å². The Kier molecular flexibility index (Phi) is 5.68. The number of carbonyl (C=O) groups excluding carboxylic acids is 1. The SMILES string of the molecule is CCNCC(=O)N1N=C2/C(=C/c3ccccc3)CCC[C@@H]2[C@@H]1c1ccccc1. The Morgan fingerprint density at radius 1 is 1.14 bits per heavy atom. The molecule has 1 saturated carbocycles. The summed E-state index contributed by atoms with van der Waals surface area (Å²) in [5, 5.41) is 9.78. The summed E-state index contributed by atoms with van der Waals surface area (Å²) >= 11 is 0. The van der Waals surface area contributed by atoms with Gasteiger partial charge in [0, 0.05) is 5.92 Å². The van der Waals surface area contributed by atoms with Crippen LogP contribution in [0.5, 0.6) is 0 Å². The van der Waals surface area contributed by atoms with E-state index in [2.05, 4.69) is 47.8 Å². The van der Waals surface area contributed by atoms with E-state index in [1.165, 1.54) is 11.1 Å². The maximum Gasteiger partial charge on any atom is 0.257 e. The molecule has 2 atom stereocenters. The van der Waals surface area contributed by atoms with Crippen LogP contribution >= 0.6 is 0 Å². The predicted molar refractivity (Wildman–Crippen MR) is 114 cm³/mol. The lowest BCUT2D eigenvalue weighted by Crippen LogP contribution is -2.37. The Balaban J connectivity index is 1.71. The highest BCUT2D eigenvalue weighted by Crippen LogP contribution is 2.44. The number of nitrogens with zero attached hydrogens (tertiary/aromatic N) is 2. The van der Waals surface area contributed by atoms with Crippen LogP contribution in [-0.4, -0.2) is 29.7 Å². The molecule has 1 aliphatic carbocycles. The number of likely N-dealkylation sites (N-methyl/N-ethyl adjacent to an activating group) is 1. The highest BCUT2D eigenvalue weighted by atomic mass is 16.2. The number of hydrogen-bond acceptors (Lipinski definition) is 3. The van der Waals surface area contributed by atoms with E-state index < -0.39 is 0 Å². The van der Waals surface area contributed by atoms with E-state index in [9.17, 15) is 4.79 Å². The molecule has 0 unspecified atom stereocenters. The van der Waals surface area contributed by atoms with Gasteiger partial charge in [-0.25, -0.2) is 5.01 Å². The number of carbonyl (C=O) groups is 1. The quantitative estimate of drug-likeness (QED) is 0.843. The summed E-state index contributed by atoms with van der Waals surface area (Å²) < 4.78 is 0. The third-order valence-corrected chi connectivity index (χ3v) is 5.56. The average molecular weight is 374 g/mol. The summed E-state index contributed by atoms with van der Waals surface area (Å²) in [5.74, 6) is 0.299. The lowest BCUT2D eigenvalue weighted by molar-refractivity contribution is -0.132. The van der Waals surface area contributed by atoms with Gasteiger partial charge in [-0.3, -0.25) is 4.79 Å². The molecule has 28 heavy (non-hydrogen) atoms. The molecule has 1 amide bonds. The number of allylic oxidation sites excluding steroid dienone is 1. The summed E-state index contributed by atoms with van der Waals surface area (Å²) in [7, 11) is 0. The number of benzene rings is 2. The van der Waals surface area contributed by atoms with Crippen molar-refractivity contribution in [2.45, 2.75) is 32.2 Å². The van der Waals surface area contributed by atoms with Gasteiger partial charge in [-0.15, -0.1) is 0 Å². The molecule has 1 heterocycles. The van der Waals surface area contributed by atoms with Gasteiger partial charge in [-0.05, 0) is 48.6 Å². The van der Waals surface area contributed by atoms with Crippen molar-refractivity contribution in [2.24, 2.45) is 11.0 Å². The van der Waals surface area contributed by atoms with Crippen molar-refractivity contribution in [1.82, 2.24) is 10.3 Å². The Hall–Kier alpha value is -2.72. The second-order valence-corrected chi connectivity index (χ2v) is 7.44. The molecule has 1 fully saturated rings. The molecule has 4 rings (SSSR count). The van der Waals surface area contributed by atoms with Crippen molar-refractivity contribution < 1.29 is 4.79 Å². The Bertz CT molecular complexity index is 873. The van der Waals surface area contributed by atoms with Gasteiger partial charge in [0.05, 0.1) is 18.3 Å². The van der Waals surface area contributed by atoms with Crippen LogP contribution in [0.15, 0.2) is 71.3 Å². The van der Waals surface area contributed by atoms with Crippen LogP contribution in [0.4, 0.5) is 0 Å². The first kappa shape index (κ1) is 18.6. The minimum absolute atomic E-state index is 0.0122.